The van der Waals surface area contributed by atoms with Crippen LogP contribution in [0.15, 0.2) is 11.6 Å². The van der Waals surface area contributed by atoms with E-state index in [4.69, 9.17) is 15.4 Å². The number of hydrogen-bond acceptors (Lipinski definition) is 3. The van der Waals surface area contributed by atoms with Gasteiger partial charge < -0.3 is 10.1 Å². The van der Waals surface area contributed by atoms with E-state index in [0.29, 0.717) is 11.7 Å². The second kappa shape index (κ2) is 7.19. The molecule has 0 aliphatic carbocycles. The first kappa shape index (κ1) is 11.9. The summed E-state index contributed by atoms with van der Waals surface area (Å²) in [6.45, 7) is 0.907. The molecule has 15 heavy (non-hydrogen) atoms. The molecule has 3 nitrogen and oxygen atoms in total. The summed E-state index contributed by atoms with van der Waals surface area (Å²) in [4.78, 5) is 0. The zero-order valence-electron chi connectivity index (χ0n) is 9.04. The molecule has 1 aliphatic heterocycles. The lowest BCUT2D eigenvalue weighted by Gasteiger charge is -2.22. The van der Waals surface area contributed by atoms with Crippen molar-refractivity contribution >= 4 is 6.21 Å². The van der Waals surface area contributed by atoms with Gasteiger partial charge in [0.2, 0.25) is 0 Å². The number of rotatable bonds is 5. The predicted octanol–water partition coefficient (Wildman–Crippen LogP) is 2.83. The first-order valence-electron chi connectivity index (χ1n) is 5.59. The van der Waals surface area contributed by atoms with Crippen LogP contribution in [0.25, 0.3) is 0 Å². The lowest BCUT2D eigenvalue weighted by atomic mass is 10.0. The molecule has 0 aromatic carbocycles. The van der Waals surface area contributed by atoms with Crippen molar-refractivity contribution in [2.24, 2.45) is 0 Å². The molecule has 0 aromatic heterocycles. The smallest absolute Gasteiger partial charge is 0.100 e. The fraction of sp³-hybridized carbons (Fsp3) is 0.667. The maximum atomic E-state index is 8.58. The van der Waals surface area contributed by atoms with Crippen molar-refractivity contribution in [1.82, 2.24) is 0 Å². The third-order valence-corrected chi connectivity index (χ3v) is 2.65. The van der Waals surface area contributed by atoms with Gasteiger partial charge in [-0.15, -0.1) is 0 Å². The third kappa shape index (κ3) is 4.75. The van der Waals surface area contributed by atoms with Gasteiger partial charge in [0.05, 0.1) is 11.7 Å². The summed E-state index contributed by atoms with van der Waals surface area (Å²) in [5.41, 5.74) is 0.458. The fourth-order valence-corrected chi connectivity index (χ4v) is 1.78. The van der Waals surface area contributed by atoms with Gasteiger partial charge in [-0.3, -0.25) is 0 Å². The first-order valence-corrected chi connectivity index (χ1v) is 5.59. The molecule has 0 spiro atoms. The number of allylic oxidation sites excluding steroid dienone is 2. The molecule has 1 rings (SSSR count). The molecule has 1 aliphatic rings. The second-order valence-electron chi connectivity index (χ2n) is 3.84. The normalized spacial score (nSPS) is 22.1. The van der Waals surface area contributed by atoms with E-state index in [1.165, 1.54) is 19.3 Å². The van der Waals surface area contributed by atoms with Crippen molar-refractivity contribution in [2.45, 2.75) is 44.6 Å². The van der Waals surface area contributed by atoms with Gasteiger partial charge >= 0.3 is 0 Å². The minimum atomic E-state index is 0.428. The summed E-state index contributed by atoms with van der Waals surface area (Å²) >= 11 is 0. The number of unbranched alkanes of at least 4 members (excludes halogenated alkanes) is 1. The molecule has 0 bridgehead atoms. The molecular weight excluding hydrogens is 188 g/mol. The molecule has 1 fully saturated rings. The van der Waals surface area contributed by atoms with E-state index in [9.17, 15) is 0 Å². The van der Waals surface area contributed by atoms with E-state index >= 15 is 0 Å². The van der Waals surface area contributed by atoms with Crippen LogP contribution in [-0.4, -0.2) is 18.9 Å². The molecule has 1 heterocycles. The van der Waals surface area contributed by atoms with Gasteiger partial charge in [0.1, 0.15) is 6.07 Å². The van der Waals surface area contributed by atoms with Gasteiger partial charge in [-0.05, 0) is 38.5 Å². The zero-order valence-corrected chi connectivity index (χ0v) is 9.04. The highest BCUT2D eigenvalue weighted by Crippen LogP contribution is 2.17. The lowest BCUT2D eigenvalue weighted by molar-refractivity contribution is 0.0103. The van der Waals surface area contributed by atoms with Crippen molar-refractivity contribution in [3.05, 3.63) is 11.6 Å². The Morgan fingerprint density at radius 2 is 2.40 bits per heavy atom. The topological polar surface area (TPSA) is 56.9 Å². The Morgan fingerprint density at radius 3 is 3.00 bits per heavy atom. The van der Waals surface area contributed by atoms with Crippen molar-refractivity contribution in [3.63, 3.8) is 0 Å². The van der Waals surface area contributed by atoms with Crippen LogP contribution in [-0.2, 0) is 4.74 Å². The minimum absolute atomic E-state index is 0.428. The maximum Gasteiger partial charge on any atom is 0.100 e. The average Bonchev–Trinajstić information content (AvgIpc) is 2.31. The molecule has 1 saturated heterocycles. The molecule has 1 unspecified atom stereocenters. The van der Waals surface area contributed by atoms with Gasteiger partial charge in [-0.25, -0.2) is 0 Å². The van der Waals surface area contributed by atoms with Gasteiger partial charge in [0.25, 0.3) is 0 Å². The predicted molar refractivity (Wildman–Crippen MR) is 59.9 cm³/mol. The fourth-order valence-electron chi connectivity index (χ4n) is 1.78. The van der Waals surface area contributed by atoms with Crippen LogP contribution in [0.2, 0.25) is 0 Å². The molecule has 3 heteroatoms. The third-order valence-electron chi connectivity index (χ3n) is 2.65. The average molecular weight is 206 g/mol. The lowest BCUT2D eigenvalue weighted by Crippen LogP contribution is -2.18. The summed E-state index contributed by atoms with van der Waals surface area (Å²) in [6, 6.07) is 1.98. The summed E-state index contributed by atoms with van der Waals surface area (Å²) in [5, 5.41) is 15.5. The van der Waals surface area contributed by atoms with Crippen LogP contribution in [0, 0.1) is 16.7 Å². The highest BCUT2D eigenvalue weighted by molar-refractivity contribution is 5.80. The minimum Gasteiger partial charge on any atom is -0.378 e. The van der Waals surface area contributed by atoms with E-state index in [1.807, 2.05) is 12.1 Å². The first-order chi connectivity index (χ1) is 7.36. The van der Waals surface area contributed by atoms with Gasteiger partial charge in [-0.2, -0.15) is 5.26 Å². The van der Waals surface area contributed by atoms with Crippen molar-refractivity contribution in [1.29, 1.82) is 10.7 Å². The summed E-state index contributed by atoms with van der Waals surface area (Å²) in [6.07, 6.45) is 10.0. The van der Waals surface area contributed by atoms with Crippen molar-refractivity contribution < 1.29 is 4.74 Å². The van der Waals surface area contributed by atoms with Gasteiger partial charge in [-0.1, -0.05) is 6.08 Å². The maximum absolute atomic E-state index is 8.58. The van der Waals surface area contributed by atoms with Crippen LogP contribution in [0.5, 0.6) is 0 Å². The van der Waals surface area contributed by atoms with Crippen LogP contribution in [0.1, 0.15) is 38.5 Å². The summed E-state index contributed by atoms with van der Waals surface area (Å²) < 4.78 is 5.61. The van der Waals surface area contributed by atoms with E-state index in [0.717, 1.165) is 32.1 Å². The van der Waals surface area contributed by atoms with Gasteiger partial charge in [0.15, 0.2) is 0 Å². The number of nitriles is 1. The van der Waals surface area contributed by atoms with Crippen LogP contribution in [0.4, 0.5) is 0 Å². The van der Waals surface area contributed by atoms with E-state index in [1.54, 1.807) is 0 Å². The van der Waals surface area contributed by atoms with E-state index in [2.05, 4.69) is 0 Å². The Morgan fingerprint density at radius 1 is 1.53 bits per heavy atom. The molecule has 82 valence electrons. The standard InChI is InChI=1S/C12H18N2O/c13-9-11(10-14)5-1-2-6-12-7-3-4-8-15-12/h5,9,12-13H,1-4,6-8H2/b11-5+,13-9?. The summed E-state index contributed by atoms with van der Waals surface area (Å²) in [7, 11) is 0. The molecule has 1 atom stereocenters. The number of ether oxygens (including phenoxy) is 1. The highest BCUT2D eigenvalue weighted by atomic mass is 16.5. The Bertz CT molecular complexity index is 259. The largest absolute Gasteiger partial charge is 0.378 e. The van der Waals surface area contributed by atoms with Crippen molar-refractivity contribution in [2.75, 3.05) is 6.61 Å². The Kier molecular flexibility index (Phi) is 5.72. The van der Waals surface area contributed by atoms with Crippen LogP contribution in [0.3, 0.4) is 0 Å². The molecule has 0 radical (unpaired) electrons. The quantitative estimate of drug-likeness (QED) is 0.427. The van der Waals surface area contributed by atoms with E-state index < -0.39 is 0 Å². The molecule has 0 saturated carbocycles. The second-order valence-corrected chi connectivity index (χ2v) is 3.84. The molecule has 1 N–H and O–H groups in total. The number of hydrogen-bond donors (Lipinski definition) is 1. The van der Waals surface area contributed by atoms with Gasteiger partial charge in [0, 0.05) is 12.8 Å². The Balaban J connectivity index is 2.13. The highest BCUT2D eigenvalue weighted by Gasteiger charge is 2.12. The van der Waals surface area contributed by atoms with E-state index in [-0.39, 0.29) is 0 Å². The number of nitrogens with one attached hydrogen (secondary N) is 1. The Labute approximate surface area is 91.2 Å². The van der Waals surface area contributed by atoms with Crippen molar-refractivity contribution in [3.8, 4) is 6.07 Å². The van der Waals surface area contributed by atoms with Crippen LogP contribution < -0.4 is 0 Å². The van der Waals surface area contributed by atoms with Crippen LogP contribution >= 0.6 is 0 Å². The Hall–Kier alpha value is -1.14. The SMILES string of the molecule is N#C/C(C=N)=C/CCCC1CCCCO1. The molecular formula is C12H18N2O. The molecule has 0 aromatic rings. The summed E-state index contributed by atoms with van der Waals surface area (Å²) in [5.74, 6) is 0. The zero-order chi connectivity index (χ0) is 10.9. The monoisotopic (exact) mass is 206 g/mol. The molecule has 0 amide bonds. The number of nitrogens with zero attached hydrogens (tertiary/aromatic N) is 1.